The zero-order valence-corrected chi connectivity index (χ0v) is 13.6. The van der Waals surface area contributed by atoms with Crippen LogP contribution in [-0.2, 0) is 11.3 Å². The molecule has 106 valence electrons. The summed E-state index contributed by atoms with van der Waals surface area (Å²) in [5.74, 6) is 1.20. The first-order valence-corrected chi connectivity index (χ1v) is 7.40. The number of nitrogens with zero attached hydrogens (tertiary/aromatic N) is 2. The smallest absolute Gasteiger partial charge is 0.158 e. The highest BCUT2D eigenvalue weighted by Crippen LogP contribution is 2.26. The highest BCUT2D eigenvalue weighted by atomic mass is 79.9. The molecule has 0 atom stereocenters. The van der Waals surface area contributed by atoms with Crippen molar-refractivity contribution in [1.82, 2.24) is 9.97 Å². The Balaban J connectivity index is 2.21. The molecular weight excluding hydrogens is 342 g/mol. The number of nitrogens with one attached hydrogen (secondary N) is 1. The van der Waals surface area contributed by atoms with Crippen LogP contribution in [0.3, 0.4) is 0 Å². The fourth-order valence-electron chi connectivity index (χ4n) is 1.65. The highest BCUT2D eigenvalue weighted by Gasteiger charge is 2.06. The molecule has 1 aromatic carbocycles. The lowest BCUT2D eigenvalue weighted by atomic mass is 10.2. The summed E-state index contributed by atoms with van der Waals surface area (Å²) in [4.78, 5) is 8.50. The number of hydrogen-bond acceptors (Lipinski definition) is 4. The van der Waals surface area contributed by atoms with Crippen molar-refractivity contribution in [2.45, 2.75) is 20.5 Å². The molecule has 0 unspecified atom stereocenters. The lowest BCUT2D eigenvalue weighted by Gasteiger charge is -2.10. The average molecular weight is 357 g/mol. The van der Waals surface area contributed by atoms with Gasteiger partial charge in [0, 0.05) is 17.1 Å². The van der Waals surface area contributed by atoms with Crippen LogP contribution in [0.2, 0.25) is 5.15 Å². The van der Waals surface area contributed by atoms with E-state index in [1.165, 1.54) is 5.56 Å². The van der Waals surface area contributed by atoms with Crippen molar-refractivity contribution in [3.8, 4) is 0 Å². The molecule has 0 spiro atoms. The van der Waals surface area contributed by atoms with Gasteiger partial charge in [0.2, 0.25) is 0 Å². The molecular formula is C14H15BrClN3O. The average Bonchev–Trinajstić information content (AvgIpc) is 2.39. The molecule has 2 aromatic rings. The Morgan fingerprint density at radius 1 is 1.30 bits per heavy atom. The molecule has 20 heavy (non-hydrogen) atoms. The quantitative estimate of drug-likeness (QED) is 0.802. The third-order valence-corrected chi connectivity index (χ3v) is 3.41. The number of rotatable bonds is 5. The maximum absolute atomic E-state index is 6.00. The highest BCUT2D eigenvalue weighted by molar-refractivity contribution is 9.10. The number of anilines is 2. The van der Waals surface area contributed by atoms with Gasteiger partial charge in [0.25, 0.3) is 0 Å². The van der Waals surface area contributed by atoms with Crippen LogP contribution in [0, 0.1) is 6.92 Å². The van der Waals surface area contributed by atoms with Gasteiger partial charge in [-0.3, -0.25) is 0 Å². The second-order valence-electron chi connectivity index (χ2n) is 4.24. The fourth-order valence-corrected chi connectivity index (χ4v) is 2.44. The largest absolute Gasteiger partial charge is 0.374 e. The molecule has 0 radical (unpaired) electrons. The minimum atomic E-state index is 0.348. The first-order chi connectivity index (χ1) is 9.58. The van der Waals surface area contributed by atoms with Crippen molar-refractivity contribution in [2.75, 3.05) is 11.9 Å². The van der Waals surface area contributed by atoms with Crippen LogP contribution >= 0.6 is 27.5 Å². The van der Waals surface area contributed by atoms with E-state index >= 15 is 0 Å². The van der Waals surface area contributed by atoms with Crippen LogP contribution in [-0.4, -0.2) is 16.6 Å². The first-order valence-electron chi connectivity index (χ1n) is 6.23. The van der Waals surface area contributed by atoms with Gasteiger partial charge in [0.15, 0.2) is 5.82 Å². The zero-order valence-electron chi connectivity index (χ0n) is 11.3. The second kappa shape index (κ2) is 7.02. The van der Waals surface area contributed by atoms with E-state index in [2.05, 4.69) is 31.2 Å². The second-order valence-corrected chi connectivity index (χ2v) is 5.48. The lowest BCUT2D eigenvalue weighted by molar-refractivity contribution is 0.128. The van der Waals surface area contributed by atoms with E-state index in [0.717, 1.165) is 10.2 Å². The molecule has 1 heterocycles. The molecule has 1 aromatic heterocycles. The molecule has 0 saturated carbocycles. The molecule has 0 bridgehead atoms. The van der Waals surface area contributed by atoms with Crippen molar-refractivity contribution >= 4 is 39.0 Å². The lowest BCUT2D eigenvalue weighted by Crippen LogP contribution is -2.03. The molecule has 2 rings (SSSR count). The van der Waals surface area contributed by atoms with Gasteiger partial charge in [-0.15, -0.1) is 0 Å². The van der Waals surface area contributed by atoms with Gasteiger partial charge in [-0.1, -0.05) is 17.7 Å². The summed E-state index contributed by atoms with van der Waals surface area (Å²) in [5, 5.41) is 3.61. The topological polar surface area (TPSA) is 47.0 Å². The molecule has 0 aliphatic rings. The fraction of sp³-hybridized carbons (Fsp3) is 0.286. The Kier molecular flexibility index (Phi) is 5.34. The normalized spacial score (nSPS) is 10.6. The van der Waals surface area contributed by atoms with Crippen molar-refractivity contribution in [2.24, 2.45) is 0 Å². The Morgan fingerprint density at radius 2 is 2.10 bits per heavy atom. The maximum atomic E-state index is 6.00. The predicted octanol–water partition coefficient (Wildman–Crippen LogP) is 4.48. The number of aromatic nitrogens is 2. The summed E-state index contributed by atoms with van der Waals surface area (Å²) in [6.45, 7) is 4.92. The summed E-state index contributed by atoms with van der Waals surface area (Å²) < 4.78 is 6.27. The molecule has 0 aliphatic carbocycles. The molecule has 4 nitrogen and oxygen atoms in total. The van der Waals surface area contributed by atoms with Crippen molar-refractivity contribution < 1.29 is 4.74 Å². The van der Waals surface area contributed by atoms with Gasteiger partial charge in [0.1, 0.15) is 17.6 Å². The van der Waals surface area contributed by atoms with Crippen LogP contribution < -0.4 is 5.32 Å². The minimum Gasteiger partial charge on any atom is -0.374 e. The zero-order chi connectivity index (χ0) is 14.5. The molecule has 1 N–H and O–H groups in total. The van der Waals surface area contributed by atoms with Gasteiger partial charge in [-0.05, 0) is 47.5 Å². The minimum absolute atomic E-state index is 0.348. The number of benzene rings is 1. The van der Waals surface area contributed by atoms with Crippen molar-refractivity contribution in [1.29, 1.82) is 0 Å². The molecule has 0 aliphatic heterocycles. The standard InChI is InChI=1S/C14H15BrClN3O/c1-3-20-8-14-18-12(16)7-13(19-14)17-11-5-4-9(2)6-10(11)15/h4-7H,3,8H2,1-2H3,(H,17,18,19). The Morgan fingerprint density at radius 3 is 2.80 bits per heavy atom. The number of aryl methyl sites for hydroxylation is 1. The van der Waals surface area contributed by atoms with E-state index in [4.69, 9.17) is 16.3 Å². The van der Waals surface area contributed by atoms with E-state index in [0.29, 0.717) is 30.0 Å². The van der Waals surface area contributed by atoms with Gasteiger partial charge < -0.3 is 10.1 Å². The summed E-state index contributed by atoms with van der Waals surface area (Å²) in [6.07, 6.45) is 0. The van der Waals surface area contributed by atoms with Crippen LogP contribution in [0.5, 0.6) is 0 Å². The van der Waals surface area contributed by atoms with Crippen LogP contribution in [0.4, 0.5) is 11.5 Å². The first kappa shape index (κ1) is 15.2. The van der Waals surface area contributed by atoms with E-state index in [1.807, 2.05) is 32.0 Å². The van der Waals surface area contributed by atoms with E-state index in [1.54, 1.807) is 6.07 Å². The maximum Gasteiger partial charge on any atom is 0.158 e. The van der Waals surface area contributed by atoms with Gasteiger partial charge in [-0.2, -0.15) is 0 Å². The monoisotopic (exact) mass is 355 g/mol. The number of ether oxygens (including phenoxy) is 1. The Hall–Kier alpha value is -1.17. The van der Waals surface area contributed by atoms with E-state index in [9.17, 15) is 0 Å². The van der Waals surface area contributed by atoms with Gasteiger partial charge in [0.05, 0.1) is 5.69 Å². The molecule has 0 fully saturated rings. The molecule has 6 heteroatoms. The Labute approximate surface area is 131 Å². The van der Waals surface area contributed by atoms with Crippen LogP contribution in [0.15, 0.2) is 28.7 Å². The summed E-state index contributed by atoms with van der Waals surface area (Å²) >= 11 is 9.52. The van der Waals surface area contributed by atoms with E-state index < -0.39 is 0 Å². The predicted molar refractivity (Wildman–Crippen MR) is 84.5 cm³/mol. The number of hydrogen-bond donors (Lipinski definition) is 1. The van der Waals surface area contributed by atoms with Crippen LogP contribution in [0.1, 0.15) is 18.3 Å². The van der Waals surface area contributed by atoms with Crippen molar-refractivity contribution in [3.63, 3.8) is 0 Å². The summed E-state index contributed by atoms with van der Waals surface area (Å²) in [5.41, 5.74) is 2.10. The van der Waals surface area contributed by atoms with E-state index in [-0.39, 0.29) is 0 Å². The van der Waals surface area contributed by atoms with Gasteiger partial charge >= 0.3 is 0 Å². The number of halogens is 2. The summed E-state index contributed by atoms with van der Waals surface area (Å²) in [7, 11) is 0. The summed E-state index contributed by atoms with van der Waals surface area (Å²) in [6, 6.07) is 7.73. The molecule has 0 saturated heterocycles. The van der Waals surface area contributed by atoms with Crippen LogP contribution in [0.25, 0.3) is 0 Å². The Bertz CT molecular complexity index is 607. The molecule has 0 amide bonds. The third-order valence-electron chi connectivity index (χ3n) is 2.56. The van der Waals surface area contributed by atoms with Gasteiger partial charge in [-0.25, -0.2) is 9.97 Å². The SMILES string of the molecule is CCOCc1nc(Cl)cc(Nc2ccc(C)cc2Br)n1. The van der Waals surface area contributed by atoms with Crippen molar-refractivity contribution in [3.05, 3.63) is 45.3 Å². The third kappa shape index (κ3) is 4.16.